The fourth-order valence-electron chi connectivity index (χ4n) is 1.04. The number of methoxy groups -OCH3 is 1. The van der Waals surface area contributed by atoms with Crippen LogP contribution in [0, 0.1) is 0 Å². The summed E-state index contributed by atoms with van der Waals surface area (Å²) in [6, 6.07) is 3.17. The maximum absolute atomic E-state index is 12.0. The zero-order valence-corrected chi connectivity index (χ0v) is 7.76. The number of ether oxygens (including phenoxy) is 1. The van der Waals surface area contributed by atoms with Crippen molar-refractivity contribution in [3.05, 3.63) is 23.8 Å². The van der Waals surface area contributed by atoms with Gasteiger partial charge in [-0.1, -0.05) is 0 Å². The molecule has 0 aromatic heterocycles. The average molecular weight is 219 g/mol. The Kier molecular flexibility index (Phi) is 2.88. The first-order valence-electron chi connectivity index (χ1n) is 3.91. The number of alkyl halides is 3. The highest BCUT2D eigenvalue weighted by Gasteiger charge is 2.39. The number of nitrogens with two attached hydrogens (primary N) is 1. The number of hydrogen-bond donors (Lipinski definition) is 1. The van der Waals surface area contributed by atoms with Gasteiger partial charge in [0.25, 0.3) is 5.78 Å². The predicted octanol–water partition coefficient (Wildman–Crippen LogP) is 2.02. The van der Waals surface area contributed by atoms with Crippen molar-refractivity contribution in [3.63, 3.8) is 0 Å². The van der Waals surface area contributed by atoms with Crippen molar-refractivity contribution in [3.8, 4) is 5.75 Å². The topological polar surface area (TPSA) is 52.3 Å². The number of rotatable bonds is 2. The van der Waals surface area contributed by atoms with E-state index < -0.39 is 17.5 Å². The van der Waals surface area contributed by atoms with E-state index in [-0.39, 0.29) is 11.4 Å². The summed E-state index contributed by atoms with van der Waals surface area (Å²) in [5, 5.41) is 0. The molecule has 6 heteroatoms. The molecule has 1 aromatic carbocycles. The zero-order valence-electron chi connectivity index (χ0n) is 7.76. The molecule has 2 N–H and O–H groups in total. The summed E-state index contributed by atoms with van der Waals surface area (Å²) in [6.45, 7) is 0. The van der Waals surface area contributed by atoms with E-state index in [9.17, 15) is 18.0 Å². The minimum absolute atomic E-state index is 0.00685. The average Bonchev–Trinajstić information content (AvgIpc) is 2.15. The number of Topliss-reactive ketones (excluding diaryl/α,β-unsaturated/α-hetero) is 1. The molecule has 0 spiro atoms. The summed E-state index contributed by atoms with van der Waals surface area (Å²) in [7, 11) is 1.33. The van der Waals surface area contributed by atoms with E-state index >= 15 is 0 Å². The van der Waals surface area contributed by atoms with Crippen LogP contribution in [0.4, 0.5) is 18.9 Å². The molecule has 0 aliphatic rings. The maximum atomic E-state index is 12.0. The molecule has 82 valence electrons. The number of carbonyl (C=O) groups is 1. The summed E-state index contributed by atoms with van der Waals surface area (Å²) in [5.41, 5.74) is 4.86. The number of benzene rings is 1. The monoisotopic (exact) mass is 219 g/mol. The quantitative estimate of drug-likeness (QED) is 0.611. The number of nitrogen functional groups attached to an aromatic ring is 1. The second-order valence-corrected chi connectivity index (χ2v) is 2.78. The lowest BCUT2D eigenvalue weighted by Crippen LogP contribution is -2.22. The van der Waals surface area contributed by atoms with Crippen molar-refractivity contribution in [1.29, 1.82) is 0 Å². The number of carbonyl (C=O) groups excluding carboxylic acids is 1. The number of halogens is 3. The molecule has 0 amide bonds. The maximum Gasteiger partial charge on any atom is 0.454 e. The van der Waals surface area contributed by atoms with Crippen LogP contribution in [0.15, 0.2) is 18.2 Å². The first-order chi connectivity index (χ1) is 6.86. The van der Waals surface area contributed by atoms with Gasteiger partial charge in [-0.05, 0) is 18.2 Å². The van der Waals surface area contributed by atoms with Gasteiger partial charge in [-0.3, -0.25) is 4.79 Å². The van der Waals surface area contributed by atoms with Crippen LogP contribution >= 0.6 is 0 Å². The Balaban J connectivity index is 3.08. The van der Waals surface area contributed by atoms with E-state index in [2.05, 4.69) is 0 Å². The van der Waals surface area contributed by atoms with Crippen molar-refractivity contribution in [1.82, 2.24) is 0 Å². The molecule has 0 aliphatic heterocycles. The number of ketones is 1. The Bertz CT molecular complexity index is 387. The van der Waals surface area contributed by atoms with Gasteiger partial charge >= 0.3 is 6.18 Å². The Morgan fingerprint density at radius 3 is 2.40 bits per heavy atom. The van der Waals surface area contributed by atoms with Crippen LogP contribution in [-0.4, -0.2) is 19.1 Å². The molecule has 0 aliphatic carbocycles. The van der Waals surface area contributed by atoms with Crippen LogP contribution in [0.25, 0.3) is 0 Å². The van der Waals surface area contributed by atoms with Crippen LogP contribution in [0.5, 0.6) is 5.75 Å². The lowest BCUT2D eigenvalue weighted by atomic mass is 10.1. The largest absolute Gasteiger partial charge is 0.495 e. The van der Waals surface area contributed by atoms with Gasteiger partial charge in [0.1, 0.15) is 5.75 Å². The minimum atomic E-state index is -4.89. The molecule has 0 saturated heterocycles. The molecule has 0 bridgehead atoms. The second-order valence-electron chi connectivity index (χ2n) is 2.78. The molecule has 0 saturated carbocycles. The third-order valence-corrected chi connectivity index (χ3v) is 1.75. The SMILES string of the molecule is COc1ccc(C(=O)C(F)(F)F)cc1N. The zero-order chi connectivity index (χ0) is 11.6. The Morgan fingerprint density at radius 2 is 2.00 bits per heavy atom. The molecule has 0 heterocycles. The van der Waals surface area contributed by atoms with E-state index in [4.69, 9.17) is 10.5 Å². The van der Waals surface area contributed by atoms with Crippen LogP contribution < -0.4 is 10.5 Å². The molecule has 0 unspecified atom stereocenters. The van der Waals surface area contributed by atoms with Gasteiger partial charge in [0, 0.05) is 5.56 Å². The van der Waals surface area contributed by atoms with Gasteiger partial charge in [-0.2, -0.15) is 13.2 Å². The Labute approximate surface area is 83.6 Å². The van der Waals surface area contributed by atoms with Crippen LogP contribution in [0.3, 0.4) is 0 Å². The predicted molar refractivity (Wildman–Crippen MR) is 47.8 cm³/mol. The summed E-state index contributed by atoms with van der Waals surface area (Å²) in [4.78, 5) is 10.8. The molecular weight excluding hydrogens is 211 g/mol. The highest BCUT2D eigenvalue weighted by Crippen LogP contribution is 2.26. The highest BCUT2D eigenvalue weighted by atomic mass is 19.4. The molecule has 0 radical (unpaired) electrons. The third kappa shape index (κ3) is 2.39. The summed E-state index contributed by atoms with van der Waals surface area (Å²) in [6.07, 6.45) is -4.89. The Hall–Kier alpha value is -1.72. The van der Waals surface area contributed by atoms with Crippen LogP contribution in [0.1, 0.15) is 10.4 Å². The lowest BCUT2D eigenvalue weighted by Gasteiger charge is -2.08. The van der Waals surface area contributed by atoms with Gasteiger partial charge in [0.2, 0.25) is 0 Å². The third-order valence-electron chi connectivity index (χ3n) is 1.75. The molecule has 0 fully saturated rings. The summed E-state index contributed by atoms with van der Waals surface area (Å²) < 4.78 is 40.8. The normalized spacial score (nSPS) is 11.2. The minimum Gasteiger partial charge on any atom is -0.495 e. The van der Waals surface area contributed by atoms with Gasteiger partial charge in [-0.15, -0.1) is 0 Å². The summed E-state index contributed by atoms with van der Waals surface area (Å²) in [5.74, 6) is -1.69. The van der Waals surface area contributed by atoms with Crippen molar-refractivity contribution in [2.45, 2.75) is 6.18 Å². The lowest BCUT2D eigenvalue weighted by molar-refractivity contribution is -0.0885. The van der Waals surface area contributed by atoms with Crippen molar-refractivity contribution in [2.75, 3.05) is 12.8 Å². The first-order valence-corrected chi connectivity index (χ1v) is 3.91. The van der Waals surface area contributed by atoms with Crippen molar-refractivity contribution >= 4 is 11.5 Å². The van der Waals surface area contributed by atoms with E-state index in [1.165, 1.54) is 13.2 Å². The number of anilines is 1. The van der Waals surface area contributed by atoms with E-state index in [0.717, 1.165) is 12.1 Å². The Morgan fingerprint density at radius 1 is 1.40 bits per heavy atom. The molecular formula is C9H8F3NO2. The standard InChI is InChI=1S/C9H8F3NO2/c1-15-7-3-2-5(4-6(7)13)8(14)9(10,11)12/h2-4H,13H2,1H3. The van der Waals surface area contributed by atoms with E-state index in [1.54, 1.807) is 0 Å². The van der Waals surface area contributed by atoms with Crippen LogP contribution in [0.2, 0.25) is 0 Å². The van der Waals surface area contributed by atoms with E-state index in [1.807, 2.05) is 0 Å². The van der Waals surface area contributed by atoms with Gasteiger partial charge < -0.3 is 10.5 Å². The summed E-state index contributed by atoms with van der Waals surface area (Å²) >= 11 is 0. The van der Waals surface area contributed by atoms with E-state index in [0.29, 0.717) is 0 Å². The second kappa shape index (κ2) is 3.80. The van der Waals surface area contributed by atoms with Gasteiger partial charge in [0.15, 0.2) is 0 Å². The number of hydrogen-bond acceptors (Lipinski definition) is 3. The fraction of sp³-hybridized carbons (Fsp3) is 0.222. The molecule has 3 nitrogen and oxygen atoms in total. The fourth-order valence-corrected chi connectivity index (χ4v) is 1.04. The molecule has 1 rings (SSSR count). The molecule has 1 aromatic rings. The van der Waals surface area contributed by atoms with Crippen LogP contribution in [-0.2, 0) is 0 Å². The smallest absolute Gasteiger partial charge is 0.454 e. The molecule has 15 heavy (non-hydrogen) atoms. The van der Waals surface area contributed by atoms with Crippen molar-refractivity contribution in [2.24, 2.45) is 0 Å². The van der Waals surface area contributed by atoms with Crippen molar-refractivity contribution < 1.29 is 22.7 Å². The first kappa shape index (κ1) is 11.4. The van der Waals surface area contributed by atoms with Gasteiger partial charge in [0.05, 0.1) is 12.8 Å². The van der Waals surface area contributed by atoms with Gasteiger partial charge in [-0.25, -0.2) is 0 Å². The highest BCUT2D eigenvalue weighted by molar-refractivity contribution is 6.01. The molecule has 0 atom stereocenters.